The smallest absolute Gasteiger partial charge is 0.262 e. The lowest BCUT2D eigenvalue weighted by molar-refractivity contribution is -0.136. The highest BCUT2D eigenvalue weighted by molar-refractivity contribution is 6.32. The number of nitrogens with one attached hydrogen (secondary N) is 2. The molecule has 1 atom stereocenters. The number of carbonyl (C=O) groups is 5. The van der Waals surface area contributed by atoms with Crippen LogP contribution in [0.2, 0.25) is 5.02 Å². The van der Waals surface area contributed by atoms with Crippen molar-refractivity contribution in [1.29, 1.82) is 5.26 Å². The number of piperidine rings is 2. The molecule has 300 valence electrons. The summed E-state index contributed by atoms with van der Waals surface area (Å²) in [5.41, 5.74) is 6.10. The molecule has 4 fully saturated rings. The van der Waals surface area contributed by atoms with Gasteiger partial charge in [0.2, 0.25) is 11.8 Å². The molecule has 2 N–H and O–H groups in total. The maximum Gasteiger partial charge on any atom is 0.262 e. The minimum atomic E-state index is -0.955. The van der Waals surface area contributed by atoms with Crippen molar-refractivity contribution in [2.45, 2.75) is 94.7 Å². The van der Waals surface area contributed by atoms with Gasteiger partial charge in [-0.05, 0) is 111 Å². The molecule has 1 aliphatic carbocycles. The van der Waals surface area contributed by atoms with E-state index in [2.05, 4.69) is 55.5 Å². The summed E-state index contributed by atoms with van der Waals surface area (Å²) in [5.74, 6) is -1.92. The van der Waals surface area contributed by atoms with Gasteiger partial charge in [0.15, 0.2) is 0 Å². The van der Waals surface area contributed by atoms with Crippen LogP contribution in [0.3, 0.4) is 0 Å². The van der Waals surface area contributed by atoms with Crippen LogP contribution in [0.4, 0.5) is 11.4 Å². The standard InChI is InChI=1S/C44H47ClN8O5/c1-49(34-9-4-27(21-46)38(45)20-34)31-10-5-30(6-11-31)47-41(55)26-2-7-32(8-3-26)50-16-14-33(15-17-50)52-24-35(25-52)51-22-28-18-36-37(19-29(28)23-51)44(58)53(43(36)57)39-12-13-40(54)48-42(39)56/h2-4,7-9,18-20,30-31,33,35,39H,5-6,10-17,22-25H2,1H3,(H,47,55)(H,48,54,56). The quantitative estimate of drug-likeness (QED) is 0.313. The Morgan fingerprint density at radius 2 is 1.48 bits per heavy atom. The summed E-state index contributed by atoms with van der Waals surface area (Å²) in [7, 11) is 2.06. The lowest BCUT2D eigenvalue weighted by atomic mass is 9.90. The molecule has 0 aromatic heterocycles. The molecule has 13 nitrogen and oxygen atoms in total. The number of hydrogen-bond acceptors (Lipinski definition) is 10. The molecule has 3 saturated heterocycles. The monoisotopic (exact) mass is 802 g/mol. The van der Waals surface area contributed by atoms with Gasteiger partial charge in [-0.25, -0.2) is 0 Å². The predicted octanol–water partition coefficient (Wildman–Crippen LogP) is 4.46. The number of hydrogen-bond donors (Lipinski definition) is 2. The molecule has 1 unspecified atom stereocenters. The van der Waals surface area contributed by atoms with Gasteiger partial charge in [-0.2, -0.15) is 5.26 Å². The number of imide groups is 2. The third kappa shape index (κ3) is 7.11. The zero-order valence-corrected chi connectivity index (χ0v) is 33.3. The van der Waals surface area contributed by atoms with Crippen LogP contribution in [0.15, 0.2) is 54.6 Å². The Morgan fingerprint density at radius 3 is 2.09 bits per heavy atom. The summed E-state index contributed by atoms with van der Waals surface area (Å²) in [6.07, 6.45) is 6.13. The Labute approximate surface area is 342 Å². The number of benzene rings is 3. The minimum Gasteiger partial charge on any atom is -0.372 e. The first kappa shape index (κ1) is 38.2. The van der Waals surface area contributed by atoms with Gasteiger partial charge in [0.1, 0.15) is 12.1 Å². The molecule has 0 radical (unpaired) electrons. The van der Waals surface area contributed by atoms with E-state index in [0.717, 1.165) is 105 Å². The summed E-state index contributed by atoms with van der Waals surface area (Å²) < 4.78 is 0. The molecule has 5 heterocycles. The van der Waals surface area contributed by atoms with Crippen molar-refractivity contribution in [3.05, 3.63) is 93.0 Å². The average Bonchev–Trinajstić information content (AvgIpc) is 3.73. The van der Waals surface area contributed by atoms with E-state index in [4.69, 9.17) is 11.6 Å². The van der Waals surface area contributed by atoms with Gasteiger partial charge in [0.05, 0.1) is 21.7 Å². The zero-order valence-electron chi connectivity index (χ0n) is 32.6. The number of nitriles is 1. The molecule has 5 amide bonds. The van der Waals surface area contributed by atoms with Crippen LogP contribution in [0.25, 0.3) is 0 Å². The lowest BCUT2D eigenvalue weighted by Gasteiger charge is -2.50. The number of carbonyl (C=O) groups excluding carboxylic acids is 5. The lowest BCUT2D eigenvalue weighted by Crippen LogP contribution is -2.62. The number of fused-ring (bicyclic) bond motifs is 2. The van der Waals surface area contributed by atoms with Gasteiger partial charge < -0.3 is 15.1 Å². The molecule has 0 spiro atoms. The van der Waals surface area contributed by atoms with Crippen LogP contribution < -0.4 is 20.4 Å². The van der Waals surface area contributed by atoms with E-state index >= 15 is 0 Å². The van der Waals surface area contributed by atoms with Crippen molar-refractivity contribution in [2.24, 2.45) is 0 Å². The van der Waals surface area contributed by atoms with Gasteiger partial charge in [-0.3, -0.25) is 44.0 Å². The minimum absolute atomic E-state index is 0.0307. The van der Waals surface area contributed by atoms with Crippen molar-refractivity contribution < 1.29 is 24.0 Å². The van der Waals surface area contributed by atoms with Crippen molar-refractivity contribution in [3.63, 3.8) is 0 Å². The van der Waals surface area contributed by atoms with Crippen LogP contribution >= 0.6 is 11.6 Å². The molecule has 58 heavy (non-hydrogen) atoms. The predicted molar refractivity (Wildman–Crippen MR) is 217 cm³/mol. The summed E-state index contributed by atoms with van der Waals surface area (Å²) in [6, 6.07) is 19.8. The second-order valence-electron chi connectivity index (χ2n) is 16.8. The molecule has 5 aliphatic heterocycles. The number of amides is 5. The van der Waals surface area contributed by atoms with E-state index in [0.29, 0.717) is 45.4 Å². The Kier molecular flexibility index (Phi) is 10.2. The van der Waals surface area contributed by atoms with E-state index in [1.54, 1.807) is 6.07 Å². The second-order valence-corrected chi connectivity index (χ2v) is 17.2. The van der Waals surface area contributed by atoms with E-state index < -0.39 is 23.8 Å². The third-order valence-corrected chi connectivity index (χ3v) is 13.8. The third-order valence-electron chi connectivity index (χ3n) is 13.4. The number of halogens is 1. The van der Waals surface area contributed by atoms with E-state index in [-0.39, 0.29) is 30.7 Å². The number of nitrogens with zero attached hydrogens (tertiary/aromatic N) is 6. The maximum absolute atomic E-state index is 13.3. The Hall–Kier alpha value is -5.29. The van der Waals surface area contributed by atoms with E-state index in [1.807, 2.05) is 36.4 Å². The fourth-order valence-corrected chi connectivity index (χ4v) is 10.1. The summed E-state index contributed by atoms with van der Waals surface area (Å²) in [4.78, 5) is 74.6. The van der Waals surface area contributed by atoms with Gasteiger partial charge in [-0.1, -0.05) is 11.6 Å². The molecule has 0 bridgehead atoms. The molecule has 3 aromatic rings. The van der Waals surface area contributed by atoms with Crippen LogP contribution in [0, 0.1) is 11.3 Å². The summed E-state index contributed by atoms with van der Waals surface area (Å²) in [5, 5.41) is 15.2. The highest BCUT2D eigenvalue weighted by atomic mass is 35.5. The number of likely N-dealkylation sites (tertiary alicyclic amines) is 1. The fraction of sp³-hybridized carbons (Fsp3) is 0.455. The molecule has 9 rings (SSSR count). The first-order chi connectivity index (χ1) is 28.0. The summed E-state index contributed by atoms with van der Waals surface area (Å²) in [6.45, 7) is 5.36. The van der Waals surface area contributed by atoms with Crippen LogP contribution in [0.1, 0.15) is 99.1 Å². The van der Waals surface area contributed by atoms with Crippen molar-refractivity contribution in [3.8, 4) is 6.07 Å². The average molecular weight is 803 g/mol. The Balaban J connectivity index is 0.709. The molecule has 1 saturated carbocycles. The van der Waals surface area contributed by atoms with Crippen LogP contribution in [-0.2, 0) is 22.7 Å². The Bertz CT molecular complexity index is 2170. The molecular formula is C44H47ClN8O5. The summed E-state index contributed by atoms with van der Waals surface area (Å²) >= 11 is 6.27. The number of anilines is 2. The van der Waals surface area contributed by atoms with Crippen LogP contribution in [0.5, 0.6) is 0 Å². The van der Waals surface area contributed by atoms with E-state index in [1.165, 1.54) is 0 Å². The molecule has 3 aromatic carbocycles. The largest absolute Gasteiger partial charge is 0.372 e. The normalized spacial score (nSPS) is 24.3. The van der Waals surface area contributed by atoms with Crippen molar-refractivity contribution in [2.75, 3.05) is 43.0 Å². The topological polar surface area (TPSA) is 149 Å². The molecule has 14 heteroatoms. The van der Waals surface area contributed by atoms with Gasteiger partial charge in [0, 0.05) is 93.8 Å². The molecule has 6 aliphatic rings. The SMILES string of the molecule is CN(c1ccc(C#N)c(Cl)c1)C1CCC(NC(=O)c2ccc(N3CCC(N4CC(N5Cc6cc7c(cc6C5)C(=O)N(C5CCC(=O)NC5=O)C7=O)C4)CC3)cc2)CC1. The van der Waals surface area contributed by atoms with E-state index in [9.17, 15) is 29.2 Å². The van der Waals surface area contributed by atoms with Gasteiger partial charge in [0.25, 0.3) is 17.7 Å². The van der Waals surface area contributed by atoms with Crippen molar-refractivity contribution >= 4 is 52.5 Å². The fourth-order valence-electron chi connectivity index (χ4n) is 9.88. The second kappa shape index (κ2) is 15.5. The van der Waals surface area contributed by atoms with Crippen molar-refractivity contribution in [1.82, 2.24) is 25.3 Å². The first-order valence-corrected chi connectivity index (χ1v) is 20.9. The Morgan fingerprint density at radius 1 is 0.828 bits per heavy atom. The van der Waals surface area contributed by atoms with Crippen LogP contribution in [-0.4, -0.2) is 108 Å². The van der Waals surface area contributed by atoms with Gasteiger partial charge in [-0.15, -0.1) is 0 Å². The highest BCUT2D eigenvalue weighted by Crippen LogP contribution is 2.36. The highest BCUT2D eigenvalue weighted by Gasteiger charge is 2.46. The maximum atomic E-state index is 13.3. The van der Waals surface area contributed by atoms with Gasteiger partial charge >= 0.3 is 0 Å². The zero-order chi connectivity index (χ0) is 40.2. The first-order valence-electron chi connectivity index (χ1n) is 20.5. The number of rotatable bonds is 8. The molecular weight excluding hydrogens is 756 g/mol.